The predicted molar refractivity (Wildman–Crippen MR) is 43.8 cm³/mol. The summed E-state index contributed by atoms with van der Waals surface area (Å²) in [5, 5.41) is 0. The van der Waals surface area contributed by atoms with Crippen LogP contribution in [0.25, 0.3) is 0 Å². The molecule has 0 fully saturated rings. The molecule has 0 aliphatic heterocycles. The smallest absolute Gasteiger partial charge is 0.0622 e. The summed E-state index contributed by atoms with van der Waals surface area (Å²) in [5.74, 6) is 0. The monoisotopic (exact) mass is 143 g/mol. The van der Waals surface area contributed by atoms with Crippen LogP contribution in [-0.4, -0.2) is 19.8 Å². The molecular formula is C8H17NO. The lowest BCUT2D eigenvalue weighted by atomic mass is 9.86. The second-order valence-corrected chi connectivity index (χ2v) is 3.09. The van der Waals surface area contributed by atoms with Crippen molar-refractivity contribution >= 4 is 0 Å². The van der Waals surface area contributed by atoms with Gasteiger partial charge in [-0.25, -0.2) is 0 Å². The van der Waals surface area contributed by atoms with Crippen LogP contribution in [-0.2, 0) is 4.74 Å². The van der Waals surface area contributed by atoms with Crippen LogP contribution in [0.15, 0.2) is 12.7 Å². The molecule has 10 heavy (non-hydrogen) atoms. The van der Waals surface area contributed by atoms with E-state index >= 15 is 0 Å². The van der Waals surface area contributed by atoms with E-state index in [-0.39, 0.29) is 11.5 Å². The molecule has 1 unspecified atom stereocenters. The molecule has 2 nitrogen and oxygen atoms in total. The molecule has 60 valence electrons. The van der Waals surface area contributed by atoms with Gasteiger partial charge in [0.1, 0.15) is 0 Å². The van der Waals surface area contributed by atoms with Gasteiger partial charge in [0.2, 0.25) is 0 Å². The van der Waals surface area contributed by atoms with E-state index in [1.807, 2.05) is 19.9 Å². The maximum atomic E-state index is 5.78. The van der Waals surface area contributed by atoms with Crippen molar-refractivity contribution < 1.29 is 4.74 Å². The Bertz CT molecular complexity index is 110. The Morgan fingerprint density at radius 1 is 1.70 bits per heavy atom. The van der Waals surface area contributed by atoms with Crippen LogP contribution in [0.5, 0.6) is 0 Å². The van der Waals surface area contributed by atoms with Crippen molar-refractivity contribution in [3.8, 4) is 0 Å². The average Bonchev–Trinajstić information content (AvgIpc) is 1.89. The molecule has 0 heterocycles. The highest BCUT2D eigenvalue weighted by molar-refractivity contribution is 4.95. The molecule has 0 radical (unpaired) electrons. The van der Waals surface area contributed by atoms with E-state index in [9.17, 15) is 0 Å². The lowest BCUT2D eigenvalue weighted by Gasteiger charge is -2.27. The molecule has 2 N–H and O–H groups in total. The van der Waals surface area contributed by atoms with Crippen LogP contribution in [0.3, 0.4) is 0 Å². The second-order valence-electron chi connectivity index (χ2n) is 3.09. The van der Waals surface area contributed by atoms with Gasteiger partial charge in [0.15, 0.2) is 0 Å². The highest BCUT2D eigenvalue weighted by Crippen LogP contribution is 2.19. The van der Waals surface area contributed by atoms with E-state index in [2.05, 4.69) is 6.58 Å². The summed E-state index contributed by atoms with van der Waals surface area (Å²) in [6.45, 7) is 8.37. The van der Waals surface area contributed by atoms with Crippen LogP contribution in [0, 0.1) is 5.41 Å². The molecule has 0 aromatic carbocycles. The Labute approximate surface area is 63.1 Å². The lowest BCUT2D eigenvalue weighted by Crippen LogP contribution is -2.39. The first-order chi connectivity index (χ1) is 4.54. The topological polar surface area (TPSA) is 35.2 Å². The summed E-state index contributed by atoms with van der Waals surface area (Å²) < 4.78 is 4.92. The minimum absolute atomic E-state index is 0.0317. The summed E-state index contributed by atoms with van der Waals surface area (Å²) >= 11 is 0. The standard InChI is InChI=1S/C8H17NO/c1-5-8(2,3)7(9)6-10-4/h5,7H,1,6,9H2,2-4H3. The predicted octanol–water partition coefficient (Wildman–Crippen LogP) is 1.17. The van der Waals surface area contributed by atoms with Gasteiger partial charge in [-0.2, -0.15) is 0 Å². The molecule has 0 aromatic rings. The van der Waals surface area contributed by atoms with Crippen molar-refractivity contribution in [2.75, 3.05) is 13.7 Å². The van der Waals surface area contributed by atoms with Crippen LogP contribution in [0.4, 0.5) is 0 Å². The van der Waals surface area contributed by atoms with Crippen molar-refractivity contribution in [2.24, 2.45) is 11.1 Å². The molecule has 0 bridgehead atoms. The number of hydrogen-bond acceptors (Lipinski definition) is 2. The zero-order valence-corrected chi connectivity index (χ0v) is 7.05. The summed E-state index contributed by atoms with van der Waals surface area (Å²) in [6.07, 6.45) is 1.86. The molecule has 0 aliphatic rings. The van der Waals surface area contributed by atoms with Gasteiger partial charge < -0.3 is 10.5 Å². The molecule has 0 amide bonds. The van der Waals surface area contributed by atoms with Crippen LogP contribution >= 0.6 is 0 Å². The van der Waals surface area contributed by atoms with Crippen molar-refractivity contribution in [3.63, 3.8) is 0 Å². The first-order valence-corrected chi connectivity index (χ1v) is 3.42. The van der Waals surface area contributed by atoms with Crippen LogP contribution < -0.4 is 5.73 Å². The van der Waals surface area contributed by atoms with Crippen molar-refractivity contribution in [2.45, 2.75) is 19.9 Å². The van der Waals surface area contributed by atoms with Crippen LogP contribution in [0.2, 0.25) is 0 Å². The van der Waals surface area contributed by atoms with Gasteiger partial charge >= 0.3 is 0 Å². The Kier molecular flexibility index (Phi) is 3.61. The van der Waals surface area contributed by atoms with Gasteiger partial charge in [-0.3, -0.25) is 0 Å². The molecule has 2 heteroatoms. The first-order valence-electron chi connectivity index (χ1n) is 3.42. The molecule has 0 aliphatic carbocycles. The zero-order valence-electron chi connectivity index (χ0n) is 7.05. The SMILES string of the molecule is C=CC(C)(C)C(N)COC. The van der Waals surface area contributed by atoms with E-state index in [1.165, 1.54) is 0 Å². The maximum absolute atomic E-state index is 5.78. The van der Waals surface area contributed by atoms with Crippen molar-refractivity contribution in [1.29, 1.82) is 0 Å². The van der Waals surface area contributed by atoms with Gasteiger partial charge in [-0.05, 0) is 5.41 Å². The van der Waals surface area contributed by atoms with Crippen molar-refractivity contribution in [3.05, 3.63) is 12.7 Å². The third-order valence-electron chi connectivity index (χ3n) is 1.83. The zero-order chi connectivity index (χ0) is 8.20. The molecule has 0 saturated carbocycles. The quantitative estimate of drug-likeness (QED) is 0.600. The number of hydrogen-bond donors (Lipinski definition) is 1. The Balaban J connectivity index is 3.90. The van der Waals surface area contributed by atoms with Crippen LogP contribution in [0.1, 0.15) is 13.8 Å². The summed E-state index contributed by atoms with van der Waals surface area (Å²) in [4.78, 5) is 0. The minimum atomic E-state index is -0.0317. The highest BCUT2D eigenvalue weighted by atomic mass is 16.5. The first kappa shape index (κ1) is 9.66. The second kappa shape index (κ2) is 3.74. The lowest BCUT2D eigenvalue weighted by molar-refractivity contribution is 0.145. The molecule has 0 spiro atoms. The van der Waals surface area contributed by atoms with Gasteiger partial charge in [0, 0.05) is 13.2 Å². The summed E-state index contributed by atoms with van der Waals surface area (Å²) in [7, 11) is 1.65. The fraction of sp³-hybridized carbons (Fsp3) is 0.750. The summed E-state index contributed by atoms with van der Waals surface area (Å²) in [5.41, 5.74) is 5.74. The van der Waals surface area contributed by atoms with Gasteiger partial charge in [0.25, 0.3) is 0 Å². The molecule has 0 saturated heterocycles. The maximum Gasteiger partial charge on any atom is 0.0622 e. The third kappa shape index (κ3) is 2.50. The average molecular weight is 143 g/mol. The number of nitrogens with two attached hydrogens (primary N) is 1. The van der Waals surface area contributed by atoms with E-state index in [4.69, 9.17) is 10.5 Å². The van der Waals surface area contributed by atoms with E-state index in [0.29, 0.717) is 6.61 Å². The Morgan fingerprint density at radius 2 is 2.20 bits per heavy atom. The van der Waals surface area contributed by atoms with E-state index in [0.717, 1.165) is 0 Å². The van der Waals surface area contributed by atoms with Gasteiger partial charge in [0.05, 0.1) is 6.61 Å². The molecular weight excluding hydrogens is 126 g/mol. The number of rotatable bonds is 4. The number of ether oxygens (including phenoxy) is 1. The Morgan fingerprint density at radius 3 is 2.50 bits per heavy atom. The molecule has 1 atom stereocenters. The fourth-order valence-electron chi connectivity index (χ4n) is 0.546. The third-order valence-corrected chi connectivity index (χ3v) is 1.83. The van der Waals surface area contributed by atoms with E-state index < -0.39 is 0 Å². The highest BCUT2D eigenvalue weighted by Gasteiger charge is 2.21. The fourth-order valence-corrected chi connectivity index (χ4v) is 0.546. The van der Waals surface area contributed by atoms with E-state index in [1.54, 1.807) is 7.11 Å². The largest absolute Gasteiger partial charge is 0.383 e. The molecule has 0 aromatic heterocycles. The summed E-state index contributed by atoms with van der Waals surface area (Å²) in [6, 6.07) is 0.0370. The number of methoxy groups -OCH3 is 1. The molecule has 0 rings (SSSR count). The normalized spacial score (nSPS) is 14.8. The minimum Gasteiger partial charge on any atom is -0.383 e. The van der Waals surface area contributed by atoms with Crippen molar-refractivity contribution in [1.82, 2.24) is 0 Å². The van der Waals surface area contributed by atoms with Gasteiger partial charge in [-0.15, -0.1) is 6.58 Å². The Hall–Kier alpha value is -0.340. The van der Waals surface area contributed by atoms with Gasteiger partial charge in [-0.1, -0.05) is 19.9 Å².